The molecule has 0 bridgehead atoms. The van der Waals surface area contributed by atoms with E-state index in [0.717, 1.165) is 5.56 Å². The van der Waals surface area contributed by atoms with Gasteiger partial charge in [0.2, 0.25) is 0 Å². The van der Waals surface area contributed by atoms with Crippen LogP contribution in [0.4, 0.5) is 22.7 Å². The molecule has 0 aliphatic carbocycles. The molecule has 0 saturated carbocycles. The number of phenolic OH excluding ortho intramolecular Hbond substituents is 1. The van der Waals surface area contributed by atoms with Gasteiger partial charge in [0.15, 0.2) is 0 Å². The third-order valence-corrected chi connectivity index (χ3v) is 4.54. The van der Waals surface area contributed by atoms with E-state index in [2.05, 4.69) is 15.6 Å². The van der Waals surface area contributed by atoms with Gasteiger partial charge in [0.05, 0.1) is 5.69 Å². The highest BCUT2D eigenvalue weighted by Gasteiger charge is 2.21. The monoisotopic (exact) mass is 386 g/mol. The maximum Gasteiger partial charge on any atom is 0.253 e. The maximum atomic E-state index is 12.1. The number of nitrogens with two attached hydrogens (primary N) is 1. The first-order chi connectivity index (χ1) is 14.0. The van der Waals surface area contributed by atoms with Gasteiger partial charge in [0.25, 0.3) is 10.9 Å². The van der Waals surface area contributed by atoms with Crippen molar-refractivity contribution in [2.45, 2.75) is 6.54 Å². The summed E-state index contributed by atoms with van der Waals surface area (Å²) in [5, 5.41) is 16.1. The molecule has 4 rings (SSSR count). The summed E-state index contributed by atoms with van der Waals surface area (Å²) in [7, 11) is 0. The second-order valence-electron chi connectivity index (χ2n) is 6.58. The van der Waals surface area contributed by atoms with Gasteiger partial charge < -0.3 is 21.5 Å². The van der Waals surface area contributed by atoms with Crippen LogP contribution in [-0.4, -0.2) is 10.1 Å². The Labute approximate surface area is 166 Å². The van der Waals surface area contributed by atoms with Crippen LogP contribution in [0.1, 0.15) is 5.56 Å². The second-order valence-corrected chi connectivity index (χ2v) is 6.58. The van der Waals surface area contributed by atoms with Crippen molar-refractivity contribution < 1.29 is 5.11 Å². The summed E-state index contributed by atoms with van der Waals surface area (Å²) in [6.45, 7) is 0.360. The summed E-state index contributed by atoms with van der Waals surface area (Å²) in [5.74, 6) is 0.0688. The fourth-order valence-electron chi connectivity index (χ4n) is 3.06. The zero-order valence-electron chi connectivity index (χ0n) is 15.3. The molecule has 0 aliphatic rings. The number of hydrogen-bond acceptors (Lipinski definition) is 7. The number of anilines is 4. The molecule has 0 atom stereocenters. The van der Waals surface area contributed by atoms with Gasteiger partial charge in [-0.05, 0) is 48.0 Å². The van der Waals surface area contributed by atoms with Crippen molar-refractivity contribution in [3.05, 3.63) is 92.9 Å². The lowest BCUT2D eigenvalue weighted by Gasteiger charge is -2.16. The molecule has 7 nitrogen and oxygen atoms in total. The van der Waals surface area contributed by atoms with Crippen LogP contribution in [-0.2, 0) is 6.54 Å². The van der Waals surface area contributed by atoms with Crippen LogP contribution in [0.2, 0.25) is 0 Å². The lowest BCUT2D eigenvalue weighted by molar-refractivity contribution is 0.477. The molecule has 3 aromatic carbocycles. The Morgan fingerprint density at radius 2 is 1.76 bits per heavy atom. The second kappa shape index (κ2) is 7.47. The van der Waals surface area contributed by atoms with Crippen LogP contribution in [0.15, 0.2) is 76.4 Å². The van der Waals surface area contributed by atoms with E-state index in [1.54, 1.807) is 42.6 Å². The average Bonchev–Trinajstić information content (AvgIpc) is 2.74. The Morgan fingerprint density at radius 1 is 0.931 bits per heavy atom. The van der Waals surface area contributed by atoms with Crippen LogP contribution in [0, 0.1) is 0 Å². The Bertz CT molecular complexity index is 1250. The quantitative estimate of drug-likeness (QED) is 0.229. The third kappa shape index (κ3) is 3.66. The Kier molecular flexibility index (Phi) is 4.70. The standard InChI is InChI=1S/C22H18N4O3/c23-14-5-3-4-13(10-14)12-25-19-20(22(29)21(19)28)26-15-7-8-18(27)16(11-15)17-6-1-2-9-24-17/h1-11,25-27H,12,23H2. The predicted octanol–water partition coefficient (Wildman–Crippen LogP) is 2.99. The zero-order chi connectivity index (χ0) is 20.4. The number of nitrogens with one attached hydrogen (secondary N) is 2. The molecule has 7 heteroatoms. The van der Waals surface area contributed by atoms with Gasteiger partial charge in [-0.15, -0.1) is 0 Å². The van der Waals surface area contributed by atoms with Crippen molar-refractivity contribution in [3.8, 4) is 17.0 Å². The first kappa shape index (κ1) is 18.2. The highest BCUT2D eigenvalue weighted by molar-refractivity contribution is 5.81. The van der Waals surface area contributed by atoms with E-state index < -0.39 is 10.9 Å². The largest absolute Gasteiger partial charge is 0.507 e. The van der Waals surface area contributed by atoms with Crippen LogP contribution in [0.3, 0.4) is 0 Å². The molecular formula is C22H18N4O3. The Balaban J connectivity index is 1.57. The normalized spacial score (nSPS) is 10.8. The Morgan fingerprint density at radius 3 is 2.52 bits per heavy atom. The number of benzene rings is 2. The number of phenols is 1. The molecule has 0 spiro atoms. The van der Waals surface area contributed by atoms with E-state index in [1.165, 1.54) is 6.07 Å². The minimum absolute atomic E-state index is 0.0688. The molecule has 0 fully saturated rings. The molecule has 1 aromatic heterocycles. The number of nitrogen functional groups attached to an aromatic ring is 1. The summed E-state index contributed by atoms with van der Waals surface area (Å²) in [4.78, 5) is 28.3. The van der Waals surface area contributed by atoms with E-state index in [9.17, 15) is 14.7 Å². The molecule has 0 aliphatic heterocycles. The lowest BCUT2D eigenvalue weighted by atomic mass is 10.1. The smallest absolute Gasteiger partial charge is 0.253 e. The van der Waals surface area contributed by atoms with Gasteiger partial charge in [-0.2, -0.15) is 0 Å². The van der Waals surface area contributed by atoms with Crippen LogP contribution < -0.4 is 27.2 Å². The summed E-state index contributed by atoms with van der Waals surface area (Å²) >= 11 is 0. The predicted molar refractivity (Wildman–Crippen MR) is 114 cm³/mol. The Hall–Kier alpha value is -4.13. The lowest BCUT2D eigenvalue weighted by Crippen LogP contribution is -2.36. The summed E-state index contributed by atoms with van der Waals surface area (Å²) < 4.78 is 0. The highest BCUT2D eigenvalue weighted by Crippen LogP contribution is 2.32. The minimum Gasteiger partial charge on any atom is -0.507 e. The minimum atomic E-state index is -0.590. The molecule has 0 amide bonds. The maximum absolute atomic E-state index is 12.1. The SMILES string of the molecule is Nc1cccc(CNc2c(Nc3ccc(O)c(-c4ccccn4)c3)c(=O)c2=O)c1. The summed E-state index contributed by atoms with van der Waals surface area (Å²) in [6, 6.07) is 17.5. The van der Waals surface area contributed by atoms with E-state index in [4.69, 9.17) is 5.73 Å². The van der Waals surface area contributed by atoms with Gasteiger partial charge in [0, 0.05) is 29.7 Å². The number of nitrogens with zero attached hydrogens (tertiary/aromatic N) is 1. The fourth-order valence-corrected chi connectivity index (χ4v) is 3.06. The van der Waals surface area contributed by atoms with Gasteiger partial charge in [0.1, 0.15) is 17.1 Å². The molecule has 1 heterocycles. The summed E-state index contributed by atoms with van der Waals surface area (Å²) in [5.41, 5.74) is 8.21. The first-order valence-electron chi connectivity index (χ1n) is 8.96. The number of pyridine rings is 1. The molecule has 144 valence electrons. The van der Waals surface area contributed by atoms with Gasteiger partial charge >= 0.3 is 0 Å². The van der Waals surface area contributed by atoms with Gasteiger partial charge in [-0.3, -0.25) is 14.6 Å². The van der Waals surface area contributed by atoms with Crippen LogP contribution in [0.25, 0.3) is 11.3 Å². The van der Waals surface area contributed by atoms with Crippen molar-refractivity contribution in [3.63, 3.8) is 0 Å². The third-order valence-electron chi connectivity index (χ3n) is 4.54. The van der Waals surface area contributed by atoms with E-state index in [1.807, 2.05) is 18.2 Å². The fraction of sp³-hybridized carbons (Fsp3) is 0.0455. The average molecular weight is 386 g/mol. The van der Waals surface area contributed by atoms with Crippen molar-refractivity contribution in [1.82, 2.24) is 4.98 Å². The molecule has 5 N–H and O–H groups in total. The van der Waals surface area contributed by atoms with E-state index >= 15 is 0 Å². The zero-order valence-corrected chi connectivity index (χ0v) is 15.3. The van der Waals surface area contributed by atoms with Crippen molar-refractivity contribution in [2.24, 2.45) is 0 Å². The first-order valence-corrected chi connectivity index (χ1v) is 8.96. The van der Waals surface area contributed by atoms with Crippen LogP contribution >= 0.6 is 0 Å². The molecule has 4 aromatic rings. The highest BCUT2D eigenvalue weighted by atomic mass is 16.3. The van der Waals surface area contributed by atoms with Gasteiger partial charge in [-0.1, -0.05) is 18.2 Å². The molecule has 0 saturated heterocycles. The van der Waals surface area contributed by atoms with Crippen molar-refractivity contribution in [2.75, 3.05) is 16.4 Å². The van der Waals surface area contributed by atoms with Crippen molar-refractivity contribution >= 4 is 22.7 Å². The van der Waals surface area contributed by atoms with Crippen LogP contribution in [0.5, 0.6) is 5.75 Å². The number of aromatic nitrogens is 1. The van der Waals surface area contributed by atoms with E-state index in [0.29, 0.717) is 29.2 Å². The van der Waals surface area contributed by atoms with Gasteiger partial charge in [-0.25, -0.2) is 0 Å². The number of aromatic hydroxyl groups is 1. The molecule has 0 unspecified atom stereocenters. The summed E-state index contributed by atoms with van der Waals surface area (Å²) in [6.07, 6.45) is 1.63. The topological polar surface area (TPSA) is 117 Å². The van der Waals surface area contributed by atoms with E-state index in [-0.39, 0.29) is 17.1 Å². The van der Waals surface area contributed by atoms with Crippen molar-refractivity contribution in [1.29, 1.82) is 0 Å². The molecule has 29 heavy (non-hydrogen) atoms. The number of rotatable bonds is 6. The number of hydrogen-bond donors (Lipinski definition) is 4. The molecular weight excluding hydrogens is 368 g/mol. The molecule has 0 radical (unpaired) electrons.